The van der Waals surface area contributed by atoms with E-state index in [0.717, 1.165) is 22.4 Å². The summed E-state index contributed by atoms with van der Waals surface area (Å²) in [7, 11) is -3.10. The summed E-state index contributed by atoms with van der Waals surface area (Å²) >= 11 is 1.36. The minimum absolute atomic E-state index is 0. The zero-order valence-corrected chi connectivity index (χ0v) is 22.5. The molecule has 2 amide bonds. The van der Waals surface area contributed by atoms with Crippen molar-refractivity contribution < 1.29 is 18.0 Å². The first kappa shape index (κ1) is 27.6. The summed E-state index contributed by atoms with van der Waals surface area (Å²) in [5.74, 6) is -1.01. The number of aryl methyl sites for hydroxylation is 2. The second kappa shape index (κ2) is 11.4. The molecular weight excluding hydrogens is 520 g/mol. The third-order valence-electron chi connectivity index (χ3n) is 5.98. The van der Waals surface area contributed by atoms with E-state index in [2.05, 4.69) is 10.3 Å². The molecule has 3 aromatic rings. The molecular formula is C25H29ClN4O4S2. The molecule has 1 fully saturated rings. The molecule has 3 N–H and O–H groups in total. The van der Waals surface area contributed by atoms with Gasteiger partial charge in [0.15, 0.2) is 5.13 Å². The Morgan fingerprint density at radius 2 is 1.69 bits per heavy atom. The Hall–Kier alpha value is -2.95. The van der Waals surface area contributed by atoms with Gasteiger partial charge in [-0.3, -0.25) is 9.59 Å². The number of aromatic nitrogens is 1. The fourth-order valence-electron chi connectivity index (χ4n) is 4.25. The second-order valence-electron chi connectivity index (χ2n) is 8.89. The molecule has 192 valence electrons. The van der Waals surface area contributed by atoms with Crippen LogP contribution < -0.4 is 16.0 Å². The first-order valence-electron chi connectivity index (χ1n) is 11.3. The highest BCUT2D eigenvalue weighted by Gasteiger charge is 2.33. The topological polar surface area (TPSA) is 122 Å². The van der Waals surface area contributed by atoms with Crippen LogP contribution in [0.1, 0.15) is 24.0 Å². The Bertz CT molecular complexity index is 1320. The number of carbonyl (C=O) groups excluding carboxylic acids is 2. The number of anilines is 3. The van der Waals surface area contributed by atoms with Gasteiger partial charge in [-0.15, -0.1) is 23.7 Å². The Morgan fingerprint density at radius 3 is 2.25 bits per heavy atom. The van der Waals surface area contributed by atoms with Gasteiger partial charge in [-0.2, -0.15) is 0 Å². The van der Waals surface area contributed by atoms with Gasteiger partial charge < -0.3 is 16.0 Å². The number of benzene rings is 2. The number of thiazole rings is 1. The molecule has 0 radical (unpaired) electrons. The van der Waals surface area contributed by atoms with Gasteiger partial charge in [-0.25, -0.2) is 13.4 Å². The molecule has 1 aromatic heterocycles. The predicted molar refractivity (Wildman–Crippen MR) is 147 cm³/mol. The van der Waals surface area contributed by atoms with Gasteiger partial charge in [0.05, 0.1) is 17.2 Å². The Balaban J connectivity index is 0.00000361. The molecule has 36 heavy (non-hydrogen) atoms. The van der Waals surface area contributed by atoms with Crippen molar-refractivity contribution in [1.29, 1.82) is 0 Å². The molecule has 2 heterocycles. The minimum Gasteiger partial charge on any atom is -0.375 e. The summed E-state index contributed by atoms with van der Waals surface area (Å²) in [6.45, 7) is 3.70. The second-order valence-corrected chi connectivity index (χ2v) is 12.1. The Labute approximate surface area is 221 Å². The predicted octanol–water partition coefficient (Wildman–Crippen LogP) is 4.23. The summed E-state index contributed by atoms with van der Waals surface area (Å²) in [6, 6.07) is 13.0. The Kier molecular flexibility index (Phi) is 8.76. The van der Waals surface area contributed by atoms with Gasteiger partial charge in [0.25, 0.3) is 0 Å². The first-order valence-corrected chi connectivity index (χ1v) is 14.0. The van der Waals surface area contributed by atoms with Crippen LogP contribution in [-0.4, -0.2) is 43.3 Å². The van der Waals surface area contributed by atoms with Crippen molar-refractivity contribution in [1.82, 2.24) is 4.98 Å². The summed E-state index contributed by atoms with van der Waals surface area (Å²) in [6.07, 6.45) is 0.541. The maximum absolute atomic E-state index is 13.5. The van der Waals surface area contributed by atoms with Crippen LogP contribution in [0.15, 0.2) is 47.8 Å². The van der Waals surface area contributed by atoms with E-state index in [0.29, 0.717) is 16.5 Å². The van der Waals surface area contributed by atoms with Crippen LogP contribution in [0.4, 0.5) is 16.5 Å². The molecule has 0 unspecified atom stereocenters. The highest BCUT2D eigenvalue weighted by Crippen LogP contribution is 2.27. The van der Waals surface area contributed by atoms with Crippen molar-refractivity contribution in [2.75, 3.05) is 34.0 Å². The van der Waals surface area contributed by atoms with E-state index in [1.165, 1.54) is 16.2 Å². The van der Waals surface area contributed by atoms with Gasteiger partial charge in [-0.05, 0) is 62.1 Å². The zero-order valence-electron chi connectivity index (χ0n) is 20.1. The van der Waals surface area contributed by atoms with Crippen LogP contribution in [0, 0.1) is 19.8 Å². The average Bonchev–Trinajstić information content (AvgIpc) is 3.23. The van der Waals surface area contributed by atoms with Crippen molar-refractivity contribution >= 4 is 61.9 Å². The highest BCUT2D eigenvalue weighted by molar-refractivity contribution is 7.91. The molecule has 0 spiro atoms. The number of amides is 2. The number of sulfone groups is 1. The van der Waals surface area contributed by atoms with Gasteiger partial charge in [-0.1, -0.05) is 18.2 Å². The zero-order chi connectivity index (χ0) is 25.2. The molecule has 1 saturated heterocycles. The summed E-state index contributed by atoms with van der Waals surface area (Å²) in [5.41, 5.74) is 10.5. The number of nitrogens with two attached hydrogens (primary N) is 1. The molecule has 8 nitrogen and oxygen atoms in total. The van der Waals surface area contributed by atoms with E-state index < -0.39 is 15.8 Å². The van der Waals surface area contributed by atoms with E-state index >= 15 is 0 Å². The first-order chi connectivity index (χ1) is 16.6. The number of carbonyl (C=O) groups is 2. The molecule has 11 heteroatoms. The molecule has 1 aliphatic rings. The molecule has 0 bridgehead atoms. The van der Waals surface area contributed by atoms with Crippen LogP contribution in [0.5, 0.6) is 0 Å². The fourth-order valence-corrected chi connectivity index (χ4v) is 6.31. The molecule has 2 aromatic carbocycles. The van der Waals surface area contributed by atoms with Gasteiger partial charge in [0, 0.05) is 28.2 Å². The van der Waals surface area contributed by atoms with E-state index in [1.807, 2.05) is 49.6 Å². The third kappa shape index (κ3) is 6.83. The Morgan fingerprint density at radius 1 is 1.08 bits per heavy atom. The van der Waals surface area contributed by atoms with E-state index in [1.54, 1.807) is 12.1 Å². The maximum atomic E-state index is 13.5. The monoisotopic (exact) mass is 548 g/mol. The van der Waals surface area contributed by atoms with Gasteiger partial charge in [0.1, 0.15) is 16.4 Å². The highest BCUT2D eigenvalue weighted by atomic mass is 35.5. The number of nitrogen functional groups attached to an aromatic ring is 1. The van der Waals surface area contributed by atoms with Crippen LogP contribution >= 0.6 is 23.7 Å². The number of hydrogen-bond acceptors (Lipinski definition) is 7. The van der Waals surface area contributed by atoms with Gasteiger partial charge in [0.2, 0.25) is 11.8 Å². The smallest absolute Gasteiger partial charge is 0.244 e. The summed E-state index contributed by atoms with van der Waals surface area (Å²) in [4.78, 5) is 32.2. The number of nitrogens with zero attached hydrogens (tertiary/aromatic N) is 2. The molecule has 4 rings (SSSR count). The van der Waals surface area contributed by atoms with Crippen molar-refractivity contribution in [3.63, 3.8) is 0 Å². The molecule has 0 aliphatic carbocycles. The third-order valence-corrected chi connectivity index (χ3v) is 8.37. The van der Waals surface area contributed by atoms with Crippen molar-refractivity contribution in [3.8, 4) is 11.3 Å². The number of halogens is 1. The number of rotatable bonds is 6. The summed E-state index contributed by atoms with van der Waals surface area (Å²) in [5, 5.41) is 5.21. The molecule has 1 aliphatic heterocycles. The van der Waals surface area contributed by atoms with Crippen LogP contribution in [-0.2, 0) is 19.4 Å². The standard InChI is InChI=1S/C25H28N4O4S2.ClH/c1-16-11-17(2)13-21(12-16)29(24(31)19-7-9-35(32,33)10-8-19)14-23(30)27-20-5-3-18(4-6-20)22-15-34-25(26)28-22;/h3-6,11-13,15,19H,7-10,14H2,1-2H3,(H2,26,28)(H,27,30);1H. The lowest BCUT2D eigenvalue weighted by Gasteiger charge is -2.29. The van der Waals surface area contributed by atoms with Crippen molar-refractivity contribution in [2.24, 2.45) is 5.92 Å². The lowest BCUT2D eigenvalue weighted by Crippen LogP contribution is -2.43. The number of hydrogen-bond donors (Lipinski definition) is 2. The SMILES string of the molecule is Cc1cc(C)cc(N(CC(=O)Nc2ccc(-c3csc(N)n3)cc2)C(=O)C2CCS(=O)(=O)CC2)c1.Cl. The van der Waals surface area contributed by atoms with Crippen LogP contribution in [0.25, 0.3) is 11.3 Å². The minimum atomic E-state index is -3.10. The largest absolute Gasteiger partial charge is 0.375 e. The van der Waals surface area contributed by atoms with Gasteiger partial charge >= 0.3 is 0 Å². The van der Waals surface area contributed by atoms with Crippen LogP contribution in [0.3, 0.4) is 0 Å². The molecule has 0 atom stereocenters. The lowest BCUT2D eigenvalue weighted by molar-refractivity contribution is -0.124. The van der Waals surface area contributed by atoms with E-state index in [-0.39, 0.29) is 55.1 Å². The number of nitrogens with one attached hydrogen (secondary N) is 1. The quantitative estimate of drug-likeness (QED) is 0.475. The fraction of sp³-hybridized carbons (Fsp3) is 0.320. The van der Waals surface area contributed by atoms with E-state index in [9.17, 15) is 18.0 Å². The van der Waals surface area contributed by atoms with Crippen LogP contribution in [0.2, 0.25) is 0 Å². The normalized spacial score (nSPS) is 15.1. The van der Waals surface area contributed by atoms with Crippen molar-refractivity contribution in [3.05, 3.63) is 59.0 Å². The summed E-state index contributed by atoms with van der Waals surface area (Å²) < 4.78 is 23.7. The maximum Gasteiger partial charge on any atom is 0.244 e. The van der Waals surface area contributed by atoms with Crippen molar-refractivity contribution in [2.45, 2.75) is 26.7 Å². The molecule has 0 saturated carbocycles. The average molecular weight is 549 g/mol. The lowest BCUT2D eigenvalue weighted by atomic mass is 10.00. The van der Waals surface area contributed by atoms with E-state index in [4.69, 9.17) is 5.73 Å².